The molecule has 2 atom stereocenters. The minimum atomic E-state index is -0.981. The molecule has 0 unspecified atom stereocenters. The van der Waals surface area contributed by atoms with Gasteiger partial charge in [-0.2, -0.15) is 0 Å². The fourth-order valence-corrected chi connectivity index (χ4v) is 3.71. The van der Waals surface area contributed by atoms with E-state index >= 15 is 0 Å². The van der Waals surface area contributed by atoms with E-state index in [2.05, 4.69) is 0 Å². The molecule has 0 saturated carbocycles. The van der Waals surface area contributed by atoms with Crippen molar-refractivity contribution < 1.29 is 23.4 Å². The summed E-state index contributed by atoms with van der Waals surface area (Å²) >= 11 is 6.00. The number of ether oxygens (including phenoxy) is 1. The third-order valence-electron chi connectivity index (χ3n) is 4.83. The number of amides is 1. The minimum Gasteiger partial charge on any atom is -0.488 e. The van der Waals surface area contributed by atoms with Crippen molar-refractivity contribution in [3.8, 4) is 5.75 Å². The lowest BCUT2D eigenvalue weighted by Crippen LogP contribution is -2.35. The topological polar surface area (TPSA) is 49.8 Å². The molecule has 1 saturated heterocycles. The number of aliphatic hydroxyl groups excluding tert-OH is 1. The van der Waals surface area contributed by atoms with Crippen LogP contribution in [0.4, 0.5) is 8.78 Å². The molecule has 4 nitrogen and oxygen atoms in total. The highest BCUT2D eigenvalue weighted by molar-refractivity contribution is 6.30. The highest BCUT2D eigenvalue weighted by Crippen LogP contribution is 2.36. The highest BCUT2D eigenvalue weighted by atomic mass is 35.5. The second-order valence-corrected chi connectivity index (χ2v) is 7.11. The molecule has 2 aromatic carbocycles. The number of β-amino-alcohol motifs (C(OH)–C–C–N with tert-alkyl or cyclic N) is 1. The van der Waals surface area contributed by atoms with Crippen LogP contribution < -0.4 is 4.74 Å². The van der Waals surface area contributed by atoms with Gasteiger partial charge in [0, 0.05) is 17.1 Å². The smallest absolute Gasteiger partial charge is 0.253 e. The molecule has 1 amide bonds. The van der Waals surface area contributed by atoms with E-state index in [4.69, 9.17) is 16.3 Å². The zero-order valence-electron chi connectivity index (χ0n) is 14.2. The van der Waals surface area contributed by atoms with Crippen molar-refractivity contribution in [2.75, 3.05) is 13.2 Å². The Labute approximate surface area is 159 Å². The van der Waals surface area contributed by atoms with Gasteiger partial charge >= 0.3 is 0 Å². The molecule has 0 aromatic heterocycles. The number of carbonyl (C=O) groups is 1. The number of hydrogen-bond acceptors (Lipinski definition) is 3. The van der Waals surface area contributed by atoms with Gasteiger partial charge in [-0.3, -0.25) is 4.79 Å². The monoisotopic (exact) mass is 391 g/mol. The van der Waals surface area contributed by atoms with Gasteiger partial charge in [-0.1, -0.05) is 17.7 Å². The number of benzene rings is 2. The van der Waals surface area contributed by atoms with Crippen molar-refractivity contribution >= 4 is 23.6 Å². The van der Waals surface area contributed by atoms with E-state index in [1.165, 1.54) is 11.0 Å². The second-order valence-electron chi connectivity index (χ2n) is 6.68. The quantitative estimate of drug-likeness (QED) is 0.848. The molecule has 27 heavy (non-hydrogen) atoms. The standard InChI is InChI=1S/C20H16ClF2NO3/c21-14-2-4-19-12(6-14)5-13(10-27-19)20(26)24-9-15(25)8-18(24)11-1-3-16(22)17(23)7-11/h1-7,15,18,25H,8-10H2/t15-,18+/m1/s1. The first-order valence-electron chi connectivity index (χ1n) is 8.49. The molecule has 140 valence electrons. The number of hydrogen-bond donors (Lipinski definition) is 1. The number of halogens is 3. The fourth-order valence-electron chi connectivity index (χ4n) is 3.53. The van der Waals surface area contributed by atoms with Gasteiger partial charge in [-0.05, 0) is 48.4 Å². The molecule has 2 heterocycles. The highest BCUT2D eigenvalue weighted by Gasteiger charge is 2.37. The largest absolute Gasteiger partial charge is 0.488 e. The van der Waals surface area contributed by atoms with Gasteiger partial charge in [-0.25, -0.2) is 8.78 Å². The number of aliphatic hydroxyl groups is 1. The summed E-state index contributed by atoms with van der Waals surface area (Å²) in [5.74, 6) is -1.61. The zero-order valence-corrected chi connectivity index (χ0v) is 14.9. The van der Waals surface area contributed by atoms with Crippen LogP contribution in [0.5, 0.6) is 5.75 Å². The predicted octanol–water partition coefficient (Wildman–Crippen LogP) is 3.73. The molecule has 1 fully saturated rings. The van der Waals surface area contributed by atoms with Crippen molar-refractivity contribution in [2.24, 2.45) is 0 Å². The van der Waals surface area contributed by atoms with E-state index in [1.807, 2.05) is 0 Å². The van der Waals surface area contributed by atoms with Gasteiger partial charge in [-0.15, -0.1) is 0 Å². The molecular weight excluding hydrogens is 376 g/mol. The molecule has 2 aliphatic rings. The Hall–Kier alpha value is -2.44. The SMILES string of the molecule is O=C(C1=Cc2cc(Cl)ccc2OC1)N1C[C@H](O)C[C@H]1c1ccc(F)c(F)c1. The average molecular weight is 392 g/mol. The van der Waals surface area contributed by atoms with E-state index in [9.17, 15) is 18.7 Å². The Morgan fingerprint density at radius 2 is 2.00 bits per heavy atom. The van der Waals surface area contributed by atoms with Crippen molar-refractivity contribution in [3.05, 3.63) is 69.8 Å². The van der Waals surface area contributed by atoms with Crippen LogP contribution in [-0.4, -0.2) is 35.2 Å². The molecular formula is C20H16ClF2NO3. The van der Waals surface area contributed by atoms with Gasteiger partial charge in [0.1, 0.15) is 12.4 Å². The number of nitrogens with zero attached hydrogens (tertiary/aromatic N) is 1. The van der Waals surface area contributed by atoms with E-state index in [0.717, 1.165) is 12.1 Å². The molecule has 0 bridgehead atoms. The molecule has 2 aliphatic heterocycles. The molecule has 4 rings (SSSR count). The first-order valence-corrected chi connectivity index (χ1v) is 8.87. The van der Waals surface area contributed by atoms with Crippen molar-refractivity contribution in [1.82, 2.24) is 4.90 Å². The summed E-state index contributed by atoms with van der Waals surface area (Å²) in [7, 11) is 0. The van der Waals surface area contributed by atoms with Crippen LogP contribution in [-0.2, 0) is 4.79 Å². The van der Waals surface area contributed by atoms with E-state index < -0.39 is 23.8 Å². The van der Waals surface area contributed by atoms with E-state index in [-0.39, 0.29) is 25.5 Å². The summed E-state index contributed by atoms with van der Waals surface area (Å²) in [5, 5.41) is 10.6. The summed E-state index contributed by atoms with van der Waals surface area (Å²) in [4.78, 5) is 14.5. The van der Waals surface area contributed by atoms with Crippen LogP contribution in [0.3, 0.4) is 0 Å². The van der Waals surface area contributed by atoms with Crippen LogP contribution in [0.2, 0.25) is 5.02 Å². The molecule has 0 aliphatic carbocycles. The molecule has 1 N–H and O–H groups in total. The van der Waals surface area contributed by atoms with Gasteiger partial charge in [0.2, 0.25) is 0 Å². The lowest BCUT2D eigenvalue weighted by molar-refractivity contribution is -0.128. The number of carbonyl (C=O) groups excluding carboxylic acids is 1. The Morgan fingerprint density at radius 1 is 1.19 bits per heavy atom. The summed E-state index contributed by atoms with van der Waals surface area (Å²) in [6.45, 7) is 0.201. The fraction of sp³-hybridized carbons (Fsp3) is 0.250. The van der Waals surface area contributed by atoms with Crippen LogP contribution in [0.1, 0.15) is 23.6 Å². The Balaban J connectivity index is 1.64. The minimum absolute atomic E-state index is 0.0879. The van der Waals surface area contributed by atoms with Crippen LogP contribution in [0.15, 0.2) is 42.0 Å². The first kappa shape index (κ1) is 17.9. The van der Waals surface area contributed by atoms with Crippen molar-refractivity contribution in [1.29, 1.82) is 0 Å². The number of fused-ring (bicyclic) bond motifs is 1. The summed E-state index contributed by atoms with van der Waals surface area (Å²) in [5.41, 5.74) is 1.55. The van der Waals surface area contributed by atoms with Gasteiger partial charge in [0.25, 0.3) is 5.91 Å². The van der Waals surface area contributed by atoms with E-state index in [1.54, 1.807) is 24.3 Å². The number of likely N-dealkylation sites (tertiary alicyclic amines) is 1. The first-order chi connectivity index (χ1) is 12.9. The van der Waals surface area contributed by atoms with Gasteiger partial charge in [0.15, 0.2) is 11.6 Å². The Bertz CT molecular complexity index is 947. The van der Waals surface area contributed by atoms with E-state index in [0.29, 0.717) is 27.5 Å². The third kappa shape index (κ3) is 3.42. The van der Waals surface area contributed by atoms with Crippen LogP contribution in [0.25, 0.3) is 6.08 Å². The summed E-state index contributed by atoms with van der Waals surface area (Å²) in [6, 6.07) is 8.13. The van der Waals surface area contributed by atoms with Crippen molar-refractivity contribution in [3.63, 3.8) is 0 Å². The van der Waals surface area contributed by atoms with Crippen molar-refractivity contribution in [2.45, 2.75) is 18.6 Å². The lowest BCUT2D eigenvalue weighted by Gasteiger charge is -2.27. The normalized spacial score (nSPS) is 21.5. The summed E-state index contributed by atoms with van der Waals surface area (Å²) in [6.07, 6.45) is 1.23. The predicted molar refractivity (Wildman–Crippen MR) is 96.4 cm³/mol. The third-order valence-corrected chi connectivity index (χ3v) is 5.06. The zero-order chi connectivity index (χ0) is 19.1. The summed E-state index contributed by atoms with van der Waals surface area (Å²) < 4.78 is 32.5. The molecule has 2 aromatic rings. The Kier molecular flexibility index (Phi) is 4.61. The maximum Gasteiger partial charge on any atom is 0.253 e. The average Bonchev–Trinajstić information content (AvgIpc) is 3.04. The molecule has 7 heteroatoms. The Morgan fingerprint density at radius 3 is 2.78 bits per heavy atom. The maximum atomic E-state index is 13.6. The molecule has 0 radical (unpaired) electrons. The van der Waals surface area contributed by atoms with Gasteiger partial charge < -0.3 is 14.7 Å². The second kappa shape index (κ2) is 6.94. The van der Waals surface area contributed by atoms with Crippen LogP contribution in [0, 0.1) is 11.6 Å². The lowest BCUT2D eigenvalue weighted by atomic mass is 10.0. The molecule has 0 spiro atoms. The maximum absolute atomic E-state index is 13.6. The van der Waals surface area contributed by atoms with Crippen LogP contribution >= 0.6 is 11.6 Å². The number of rotatable bonds is 2. The van der Waals surface area contributed by atoms with Gasteiger partial charge in [0.05, 0.1) is 17.7 Å².